The second-order valence-corrected chi connectivity index (χ2v) is 5.39. The van der Waals surface area contributed by atoms with Crippen LogP contribution >= 0.6 is 0 Å². The maximum absolute atomic E-state index is 11.6. The Kier molecular flexibility index (Phi) is 5.08. The number of nitrogens with two attached hydrogens (primary N) is 1. The maximum atomic E-state index is 11.6. The number of carbonyl (C=O) groups is 1. The average Bonchev–Trinajstić information content (AvgIpc) is 2.60. The third kappa shape index (κ3) is 5.43. The molecule has 96 valence electrons. The van der Waals surface area contributed by atoms with Crippen LogP contribution in [0.15, 0.2) is 6.33 Å². The Labute approximate surface area is 102 Å². The van der Waals surface area contributed by atoms with Crippen molar-refractivity contribution in [3.63, 3.8) is 0 Å². The summed E-state index contributed by atoms with van der Waals surface area (Å²) < 4.78 is 12.3. The minimum Gasteiger partial charge on any atom is -0.367 e. The average molecular weight is 259 g/mol. The molecule has 0 spiro atoms. The first-order chi connectivity index (χ1) is 7.97. The van der Waals surface area contributed by atoms with Gasteiger partial charge in [-0.15, -0.1) is 5.10 Å². The second kappa shape index (κ2) is 6.33. The third-order valence-electron chi connectivity index (χ3n) is 2.11. The van der Waals surface area contributed by atoms with Gasteiger partial charge in [-0.3, -0.25) is 9.00 Å². The Bertz CT molecular complexity index is 406. The number of rotatable bonds is 6. The number of hydrogen-bond donors (Lipinski definition) is 2. The molecule has 0 aliphatic carbocycles. The molecule has 2 unspecified atom stereocenters. The highest BCUT2D eigenvalue weighted by molar-refractivity contribution is 7.84. The van der Waals surface area contributed by atoms with E-state index in [4.69, 9.17) is 5.73 Å². The lowest BCUT2D eigenvalue weighted by Gasteiger charge is -2.12. The van der Waals surface area contributed by atoms with Crippen molar-refractivity contribution in [2.75, 3.05) is 17.7 Å². The van der Waals surface area contributed by atoms with E-state index in [1.165, 1.54) is 11.0 Å². The highest BCUT2D eigenvalue weighted by Crippen LogP contribution is 1.94. The molecule has 0 aliphatic rings. The fraction of sp³-hybridized carbons (Fsp3) is 0.667. The summed E-state index contributed by atoms with van der Waals surface area (Å²) in [4.78, 5) is 15.3. The van der Waals surface area contributed by atoms with Crippen LogP contribution in [0.2, 0.25) is 0 Å². The smallest absolute Gasteiger partial charge is 0.242 e. The number of anilines is 1. The predicted molar refractivity (Wildman–Crippen MR) is 65.6 cm³/mol. The monoisotopic (exact) mass is 259 g/mol. The summed E-state index contributed by atoms with van der Waals surface area (Å²) in [5.74, 6) is 0.564. The summed E-state index contributed by atoms with van der Waals surface area (Å²) in [5.41, 5.74) is 5.33. The minimum absolute atomic E-state index is 0.00716. The van der Waals surface area contributed by atoms with Gasteiger partial charge < -0.3 is 11.1 Å². The number of nitrogens with one attached hydrogen (secondary N) is 1. The summed E-state index contributed by atoms with van der Waals surface area (Å²) in [5, 5.41) is 6.60. The van der Waals surface area contributed by atoms with Gasteiger partial charge in [0.25, 0.3) is 0 Å². The molecule has 17 heavy (non-hydrogen) atoms. The fourth-order valence-corrected chi connectivity index (χ4v) is 1.95. The van der Waals surface area contributed by atoms with Crippen LogP contribution in [0, 0.1) is 0 Å². The summed E-state index contributed by atoms with van der Waals surface area (Å²) in [6, 6.07) is -0.00716. The Morgan fingerprint density at radius 1 is 1.71 bits per heavy atom. The maximum Gasteiger partial charge on any atom is 0.242 e. The van der Waals surface area contributed by atoms with E-state index >= 15 is 0 Å². The first-order valence-corrected chi connectivity index (χ1v) is 6.94. The molecule has 0 saturated heterocycles. The number of aromatic nitrogens is 3. The van der Waals surface area contributed by atoms with Gasteiger partial charge in [-0.25, -0.2) is 9.67 Å². The molecule has 8 heteroatoms. The van der Waals surface area contributed by atoms with Gasteiger partial charge in [0.15, 0.2) is 0 Å². The van der Waals surface area contributed by atoms with Crippen molar-refractivity contribution >= 4 is 22.7 Å². The lowest BCUT2D eigenvalue weighted by atomic mass is 10.2. The van der Waals surface area contributed by atoms with Crippen LogP contribution in [-0.4, -0.2) is 42.9 Å². The lowest BCUT2D eigenvalue weighted by molar-refractivity contribution is -0.122. The van der Waals surface area contributed by atoms with Crippen molar-refractivity contribution in [1.82, 2.24) is 20.1 Å². The predicted octanol–water partition coefficient (Wildman–Crippen LogP) is -0.866. The van der Waals surface area contributed by atoms with E-state index in [1.54, 1.807) is 6.26 Å². The molecule has 1 heterocycles. The van der Waals surface area contributed by atoms with Gasteiger partial charge in [-0.05, 0) is 13.3 Å². The molecule has 1 aromatic heterocycles. The Morgan fingerprint density at radius 3 is 2.94 bits per heavy atom. The molecule has 1 amide bonds. The molecule has 0 radical (unpaired) electrons. The highest BCUT2D eigenvalue weighted by Gasteiger charge is 2.09. The molecule has 7 nitrogen and oxygen atoms in total. The summed E-state index contributed by atoms with van der Waals surface area (Å²) >= 11 is 0. The molecule has 2 atom stereocenters. The number of carbonyl (C=O) groups excluding carboxylic acids is 1. The first-order valence-electron chi connectivity index (χ1n) is 5.21. The Balaban J connectivity index is 2.31. The van der Waals surface area contributed by atoms with E-state index in [9.17, 15) is 9.00 Å². The van der Waals surface area contributed by atoms with Crippen LogP contribution in [-0.2, 0) is 22.1 Å². The zero-order valence-electron chi connectivity index (χ0n) is 9.92. The van der Waals surface area contributed by atoms with Gasteiger partial charge >= 0.3 is 0 Å². The number of amides is 1. The van der Waals surface area contributed by atoms with Crippen molar-refractivity contribution in [2.24, 2.45) is 0 Å². The summed E-state index contributed by atoms with van der Waals surface area (Å²) in [6.45, 7) is 1.96. The molecule has 0 saturated carbocycles. The fourth-order valence-electron chi connectivity index (χ4n) is 1.27. The third-order valence-corrected chi connectivity index (χ3v) is 2.92. The van der Waals surface area contributed by atoms with Crippen molar-refractivity contribution in [2.45, 2.75) is 25.9 Å². The number of nitrogen functional groups attached to an aromatic ring is 1. The van der Waals surface area contributed by atoms with Gasteiger partial charge in [0, 0.05) is 28.9 Å². The van der Waals surface area contributed by atoms with Crippen LogP contribution in [0.25, 0.3) is 0 Å². The van der Waals surface area contributed by atoms with Crippen molar-refractivity contribution in [1.29, 1.82) is 0 Å². The van der Waals surface area contributed by atoms with Crippen molar-refractivity contribution in [3.8, 4) is 0 Å². The van der Waals surface area contributed by atoms with E-state index in [0.29, 0.717) is 12.2 Å². The Morgan fingerprint density at radius 2 is 2.41 bits per heavy atom. The molecule has 0 bridgehead atoms. The quantitative estimate of drug-likeness (QED) is 0.691. The molecule has 0 fully saturated rings. The molecule has 0 aromatic carbocycles. The second-order valence-electron chi connectivity index (χ2n) is 3.83. The van der Waals surface area contributed by atoms with Crippen LogP contribution in [0.4, 0.5) is 5.95 Å². The van der Waals surface area contributed by atoms with E-state index in [1.807, 2.05) is 6.92 Å². The minimum atomic E-state index is -0.831. The van der Waals surface area contributed by atoms with Crippen LogP contribution in [0.5, 0.6) is 0 Å². The van der Waals surface area contributed by atoms with Gasteiger partial charge in [-0.2, -0.15) is 0 Å². The molecule has 3 N–H and O–H groups in total. The van der Waals surface area contributed by atoms with Crippen molar-refractivity contribution < 1.29 is 9.00 Å². The van der Waals surface area contributed by atoms with E-state index in [-0.39, 0.29) is 24.4 Å². The van der Waals surface area contributed by atoms with Gasteiger partial charge in [0.05, 0.1) is 0 Å². The van der Waals surface area contributed by atoms with Gasteiger partial charge in [0.1, 0.15) is 12.9 Å². The van der Waals surface area contributed by atoms with E-state index in [0.717, 1.165) is 0 Å². The van der Waals surface area contributed by atoms with Crippen LogP contribution in [0.3, 0.4) is 0 Å². The molecule has 1 rings (SSSR count). The zero-order chi connectivity index (χ0) is 12.8. The van der Waals surface area contributed by atoms with E-state index < -0.39 is 10.8 Å². The first kappa shape index (κ1) is 13.6. The standard InChI is InChI=1S/C9H17N5O2S/c1-7(3-4-17(2)16)12-8(15)5-14-6-11-9(10)13-14/h6-7H,3-5H2,1-2H3,(H2,10,13)(H,12,15). The molecular formula is C9H17N5O2S. The molecule has 0 aliphatic heterocycles. The summed E-state index contributed by atoms with van der Waals surface area (Å²) in [7, 11) is -0.831. The number of nitrogens with zero attached hydrogens (tertiary/aromatic N) is 3. The van der Waals surface area contributed by atoms with Crippen molar-refractivity contribution in [3.05, 3.63) is 6.33 Å². The molecular weight excluding hydrogens is 242 g/mol. The SMILES string of the molecule is CC(CCS(C)=O)NC(=O)Cn1cnc(N)n1. The van der Waals surface area contributed by atoms with Gasteiger partial charge in [-0.1, -0.05) is 0 Å². The molecule has 1 aromatic rings. The zero-order valence-corrected chi connectivity index (χ0v) is 10.7. The van der Waals surface area contributed by atoms with E-state index in [2.05, 4.69) is 15.4 Å². The highest BCUT2D eigenvalue weighted by atomic mass is 32.2. The summed E-state index contributed by atoms with van der Waals surface area (Å²) in [6.07, 6.45) is 3.74. The van der Waals surface area contributed by atoms with Crippen LogP contribution < -0.4 is 11.1 Å². The van der Waals surface area contributed by atoms with Crippen LogP contribution in [0.1, 0.15) is 13.3 Å². The van der Waals surface area contributed by atoms with Gasteiger partial charge in [0.2, 0.25) is 11.9 Å². The normalized spacial score (nSPS) is 14.2. The largest absolute Gasteiger partial charge is 0.367 e. The Hall–Kier alpha value is -1.44. The lowest BCUT2D eigenvalue weighted by Crippen LogP contribution is -2.36. The number of hydrogen-bond acceptors (Lipinski definition) is 5. The topological polar surface area (TPSA) is 103 Å².